The molecular formula is C14H21O4P. The van der Waals surface area contributed by atoms with Crippen LogP contribution in [0.3, 0.4) is 0 Å². The molecule has 5 heteroatoms. The van der Waals surface area contributed by atoms with E-state index in [1.165, 1.54) is 0 Å². The van der Waals surface area contributed by atoms with Gasteiger partial charge in [0.1, 0.15) is 5.75 Å². The first-order valence-electron chi connectivity index (χ1n) is 6.27. The Kier molecular flexibility index (Phi) is 6.29. The molecule has 0 spiro atoms. The molecule has 0 radical (unpaired) electrons. The van der Waals surface area contributed by atoms with E-state index >= 15 is 0 Å². The molecule has 0 aliphatic heterocycles. The van der Waals surface area contributed by atoms with Crippen molar-refractivity contribution in [1.29, 1.82) is 0 Å². The lowest BCUT2D eigenvalue weighted by Crippen LogP contribution is -1.94. The third-order valence-corrected chi connectivity index (χ3v) is 4.43. The van der Waals surface area contributed by atoms with Gasteiger partial charge in [-0.15, -0.1) is 0 Å². The summed E-state index contributed by atoms with van der Waals surface area (Å²) in [5.74, 6) is 2.32. The van der Waals surface area contributed by atoms with Crippen LogP contribution in [0.25, 0.3) is 5.57 Å². The summed E-state index contributed by atoms with van der Waals surface area (Å²) in [4.78, 5) is 0. The van der Waals surface area contributed by atoms with Gasteiger partial charge in [-0.25, -0.2) is 0 Å². The van der Waals surface area contributed by atoms with Crippen molar-refractivity contribution in [3.63, 3.8) is 0 Å². The van der Waals surface area contributed by atoms with E-state index in [9.17, 15) is 4.57 Å². The van der Waals surface area contributed by atoms with Crippen LogP contribution in [0.5, 0.6) is 5.75 Å². The summed E-state index contributed by atoms with van der Waals surface area (Å²) < 4.78 is 28.1. The third kappa shape index (κ3) is 4.83. The summed E-state index contributed by atoms with van der Waals surface area (Å²) in [6.45, 7) is 6.15. The molecule has 0 saturated carbocycles. The molecule has 106 valence electrons. The minimum absolute atomic E-state index is 0.346. The summed E-state index contributed by atoms with van der Waals surface area (Å²) in [6, 6.07) is 7.56. The van der Waals surface area contributed by atoms with Gasteiger partial charge in [0.15, 0.2) is 0 Å². The zero-order valence-electron chi connectivity index (χ0n) is 11.9. The van der Waals surface area contributed by atoms with Gasteiger partial charge in [-0.2, -0.15) is 0 Å². The lowest BCUT2D eigenvalue weighted by atomic mass is 10.1. The maximum atomic E-state index is 12.4. The molecule has 0 saturated heterocycles. The maximum Gasteiger partial charge on any atom is 0.354 e. The van der Waals surface area contributed by atoms with E-state index in [0.29, 0.717) is 13.2 Å². The average molecular weight is 284 g/mol. The first kappa shape index (κ1) is 16.0. The Balaban J connectivity index is 3.03. The standard InChI is InChI=1S/C14H21O4P/c1-5-17-19(15,18-6-2)11-12(3)13-8-7-9-14(10-13)16-4/h7-11H,5-6H2,1-4H3/b12-11+. The van der Waals surface area contributed by atoms with Crippen molar-refractivity contribution in [3.8, 4) is 5.75 Å². The molecule has 0 atom stereocenters. The summed E-state index contributed by atoms with van der Waals surface area (Å²) in [5, 5.41) is 0. The summed E-state index contributed by atoms with van der Waals surface area (Å²) >= 11 is 0. The minimum atomic E-state index is -3.17. The van der Waals surface area contributed by atoms with Crippen LogP contribution >= 0.6 is 7.60 Å². The highest BCUT2D eigenvalue weighted by Gasteiger charge is 2.20. The molecule has 0 aliphatic carbocycles. The van der Waals surface area contributed by atoms with E-state index in [-0.39, 0.29) is 0 Å². The fourth-order valence-corrected chi connectivity index (χ4v) is 3.22. The van der Waals surface area contributed by atoms with Crippen molar-refractivity contribution in [2.45, 2.75) is 20.8 Å². The summed E-state index contributed by atoms with van der Waals surface area (Å²) in [6.07, 6.45) is 0. The zero-order chi connectivity index (χ0) is 14.3. The Morgan fingerprint density at radius 3 is 2.42 bits per heavy atom. The first-order chi connectivity index (χ1) is 9.04. The van der Waals surface area contributed by atoms with Gasteiger partial charge in [-0.05, 0) is 44.0 Å². The predicted molar refractivity (Wildman–Crippen MR) is 77.5 cm³/mol. The quantitative estimate of drug-likeness (QED) is 0.699. The highest BCUT2D eigenvalue weighted by Crippen LogP contribution is 2.51. The molecule has 0 N–H and O–H groups in total. The number of methoxy groups -OCH3 is 1. The lowest BCUT2D eigenvalue weighted by Gasteiger charge is -2.14. The topological polar surface area (TPSA) is 44.8 Å². The van der Waals surface area contributed by atoms with Crippen molar-refractivity contribution >= 4 is 13.2 Å². The van der Waals surface area contributed by atoms with Gasteiger partial charge in [0.05, 0.1) is 20.3 Å². The number of hydrogen-bond acceptors (Lipinski definition) is 4. The van der Waals surface area contributed by atoms with E-state index in [4.69, 9.17) is 13.8 Å². The molecule has 0 unspecified atom stereocenters. The van der Waals surface area contributed by atoms with Crippen LogP contribution < -0.4 is 4.74 Å². The molecule has 0 amide bonds. The molecule has 0 fully saturated rings. The summed E-state index contributed by atoms with van der Waals surface area (Å²) in [5.41, 5.74) is 1.77. The van der Waals surface area contributed by atoms with E-state index < -0.39 is 7.60 Å². The number of allylic oxidation sites excluding steroid dienone is 1. The SMILES string of the molecule is CCOP(=O)(/C=C(\C)c1cccc(OC)c1)OCC. The Hall–Kier alpha value is -1.09. The Bertz CT molecular complexity index is 472. The van der Waals surface area contributed by atoms with Crippen LogP contribution in [0.1, 0.15) is 26.3 Å². The zero-order valence-corrected chi connectivity index (χ0v) is 12.8. The fourth-order valence-electron chi connectivity index (χ4n) is 1.65. The molecule has 1 rings (SSSR count). The van der Waals surface area contributed by atoms with Crippen LogP contribution in [0.2, 0.25) is 0 Å². The second kappa shape index (κ2) is 7.49. The van der Waals surface area contributed by atoms with Crippen molar-refractivity contribution in [1.82, 2.24) is 0 Å². The lowest BCUT2D eigenvalue weighted by molar-refractivity contribution is 0.229. The number of rotatable bonds is 7. The fraction of sp³-hybridized carbons (Fsp3) is 0.429. The number of ether oxygens (including phenoxy) is 1. The number of hydrogen-bond donors (Lipinski definition) is 0. The van der Waals surface area contributed by atoms with Crippen molar-refractivity contribution in [2.75, 3.05) is 20.3 Å². The predicted octanol–water partition coefficient (Wildman–Crippen LogP) is 4.32. The first-order valence-corrected chi connectivity index (χ1v) is 7.88. The van der Waals surface area contributed by atoms with Gasteiger partial charge in [0, 0.05) is 5.82 Å². The van der Waals surface area contributed by atoms with Gasteiger partial charge in [0.2, 0.25) is 0 Å². The smallest absolute Gasteiger partial charge is 0.354 e. The molecule has 19 heavy (non-hydrogen) atoms. The normalized spacial score (nSPS) is 12.5. The Labute approximate surface area is 114 Å². The van der Waals surface area contributed by atoms with Gasteiger partial charge in [-0.3, -0.25) is 4.57 Å². The van der Waals surface area contributed by atoms with Crippen LogP contribution in [0, 0.1) is 0 Å². The summed E-state index contributed by atoms with van der Waals surface area (Å²) in [7, 11) is -1.55. The van der Waals surface area contributed by atoms with Gasteiger partial charge in [0.25, 0.3) is 0 Å². The van der Waals surface area contributed by atoms with Gasteiger partial charge in [-0.1, -0.05) is 12.1 Å². The van der Waals surface area contributed by atoms with Crippen molar-refractivity contribution < 1.29 is 18.3 Å². The molecule has 0 aromatic heterocycles. The Morgan fingerprint density at radius 2 is 1.89 bits per heavy atom. The molecule has 4 nitrogen and oxygen atoms in total. The van der Waals surface area contributed by atoms with Crippen molar-refractivity contribution in [3.05, 3.63) is 35.6 Å². The second-order valence-corrected chi connectivity index (χ2v) is 5.77. The average Bonchev–Trinajstić information content (AvgIpc) is 2.39. The largest absolute Gasteiger partial charge is 0.497 e. The third-order valence-electron chi connectivity index (χ3n) is 2.49. The maximum absolute atomic E-state index is 12.4. The van der Waals surface area contributed by atoms with Crippen LogP contribution in [-0.4, -0.2) is 20.3 Å². The van der Waals surface area contributed by atoms with Crippen LogP contribution in [0.15, 0.2) is 30.1 Å². The molecule has 0 aliphatic rings. The van der Waals surface area contributed by atoms with Crippen LogP contribution in [0.4, 0.5) is 0 Å². The second-order valence-electron chi connectivity index (χ2n) is 3.92. The highest BCUT2D eigenvalue weighted by atomic mass is 31.2. The molecule has 1 aromatic rings. The van der Waals surface area contributed by atoms with E-state index in [1.54, 1.807) is 26.8 Å². The highest BCUT2D eigenvalue weighted by molar-refractivity contribution is 7.57. The Morgan fingerprint density at radius 1 is 1.26 bits per heavy atom. The van der Waals surface area contributed by atoms with Gasteiger partial charge < -0.3 is 13.8 Å². The number of benzene rings is 1. The van der Waals surface area contributed by atoms with Crippen molar-refractivity contribution in [2.24, 2.45) is 0 Å². The van der Waals surface area contributed by atoms with E-state index in [1.807, 2.05) is 31.2 Å². The van der Waals surface area contributed by atoms with E-state index in [0.717, 1.165) is 16.9 Å². The molecule has 0 bridgehead atoms. The molecule has 1 aromatic carbocycles. The van der Waals surface area contributed by atoms with Gasteiger partial charge >= 0.3 is 7.60 Å². The molecule has 0 heterocycles. The molecular weight excluding hydrogens is 263 g/mol. The van der Waals surface area contributed by atoms with Crippen LogP contribution in [-0.2, 0) is 13.6 Å². The minimum Gasteiger partial charge on any atom is -0.497 e. The van der Waals surface area contributed by atoms with E-state index in [2.05, 4.69) is 0 Å². The monoisotopic (exact) mass is 284 g/mol.